The molecular formula is C18H19N3O3S. The summed E-state index contributed by atoms with van der Waals surface area (Å²) in [5.41, 5.74) is 0.905. The minimum atomic E-state index is -0.439. The fraction of sp³-hybridized carbons (Fsp3) is 0.278. The molecule has 3 aromatic rings. The van der Waals surface area contributed by atoms with E-state index in [1.54, 1.807) is 23.3 Å². The van der Waals surface area contributed by atoms with Crippen molar-refractivity contribution in [2.24, 2.45) is 0 Å². The van der Waals surface area contributed by atoms with Gasteiger partial charge < -0.3 is 13.7 Å². The third-order valence-corrected chi connectivity index (χ3v) is 4.83. The minimum Gasteiger partial charge on any atom is -0.459 e. The smallest absolute Gasteiger partial charge is 0.284 e. The summed E-state index contributed by atoms with van der Waals surface area (Å²) in [5, 5.41) is 7.94. The largest absolute Gasteiger partial charge is 0.459 e. The van der Waals surface area contributed by atoms with Crippen LogP contribution in [0.4, 0.5) is 0 Å². The second-order valence-corrected chi connectivity index (χ2v) is 6.33. The predicted molar refractivity (Wildman–Crippen MR) is 95.0 cm³/mol. The average Bonchev–Trinajstić information content (AvgIpc) is 3.33. The van der Waals surface area contributed by atoms with Gasteiger partial charge in [0.05, 0.1) is 6.26 Å². The lowest BCUT2D eigenvalue weighted by Gasteiger charge is -2.24. The molecule has 3 rings (SSSR count). The van der Waals surface area contributed by atoms with Crippen molar-refractivity contribution in [1.82, 2.24) is 15.1 Å². The minimum absolute atomic E-state index is 0.0268. The number of furan rings is 1. The molecule has 0 aliphatic heterocycles. The number of benzene rings is 1. The van der Waals surface area contributed by atoms with E-state index in [0.717, 1.165) is 5.56 Å². The molecule has 0 bridgehead atoms. The lowest BCUT2D eigenvalue weighted by Crippen LogP contribution is -2.33. The SMILES string of the molecule is CCN(CC)C(=O)[C@H](Sc1nnc(-c2ccco2)o1)c1ccccc1. The van der Waals surface area contributed by atoms with Gasteiger partial charge in [0.25, 0.3) is 11.1 Å². The summed E-state index contributed by atoms with van der Waals surface area (Å²) in [6.07, 6.45) is 1.54. The third kappa shape index (κ3) is 3.93. The maximum absolute atomic E-state index is 12.9. The highest BCUT2D eigenvalue weighted by molar-refractivity contribution is 8.00. The lowest BCUT2D eigenvalue weighted by atomic mass is 10.1. The zero-order valence-electron chi connectivity index (χ0n) is 14.1. The van der Waals surface area contributed by atoms with Crippen LogP contribution in [-0.2, 0) is 4.79 Å². The van der Waals surface area contributed by atoms with Crippen LogP contribution in [0.2, 0.25) is 0 Å². The van der Waals surface area contributed by atoms with E-state index in [1.807, 2.05) is 44.2 Å². The number of nitrogens with zero attached hydrogens (tertiary/aromatic N) is 3. The van der Waals surface area contributed by atoms with Gasteiger partial charge in [0.1, 0.15) is 5.25 Å². The third-order valence-electron chi connectivity index (χ3n) is 3.76. The molecule has 0 saturated carbocycles. The van der Waals surface area contributed by atoms with E-state index in [4.69, 9.17) is 8.83 Å². The van der Waals surface area contributed by atoms with Gasteiger partial charge >= 0.3 is 0 Å². The Morgan fingerprint density at radius 1 is 1.12 bits per heavy atom. The predicted octanol–water partition coefficient (Wildman–Crippen LogP) is 4.03. The zero-order chi connectivity index (χ0) is 17.6. The van der Waals surface area contributed by atoms with Gasteiger partial charge in [0.2, 0.25) is 5.91 Å². The number of rotatable bonds is 7. The van der Waals surface area contributed by atoms with Gasteiger partial charge in [-0.2, -0.15) is 0 Å². The molecule has 7 heteroatoms. The molecule has 1 atom stereocenters. The molecule has 0 aliphatic carbocycles. The monoisotopic (exact) mass is 357 g/mol. The molecule has 2 aromatic heterocycles. The van der Waals surface area contributed by atoms with Crippen LogP contribution in [0, 0.1) is 0 Å². The summed E-state index contributed by atoms with van der Waals surface area (Å²) in [7, 11) is 0. The highest BCUT2D eigenvalue weighted by atomic mass is 32.2. The summed E-state index contributed by atoms with van der Waals surface area (Å²) in [6.45, 7) is 5.24. The van der Waals surface area contributed by atoms with Crippen molar-refractivity contribution in [2.75, 3.05) is 13.1 Å². The van der Waals surface area contributed by atoms with Crippen molar-refractivity contribution >= 4 is 17.7 Å². The van der Waals surface area contributed by atoms with E-state index in [1.165, 1.54) is 11.8 Å². The molecule has 1 aromatic carbocycles. The normalized spacial score (nSPS) is 12.1. The Hall–Kier alpha value is -2.54. The fourth-order valence-electron chi connectivity index (χ4n) is 2.45. The standard InChI is InChI=1S/C18H19N3O3S/c1-3-21(4-2)17(22)15(13-9-6-5-7-10-13)25-18-20-19-16(24-18)14-11-8-12-23-14/h5-12,15H,3-4H2,1-2H3/t15-/m1/s1. The highest BCUT2D eigenvalue weighted by Crippen LogP contribution is 2.37. The number of hydrogen-bond donors (Lipinski definition) is 0. The van der Waals surface area contributed by atoms with E-state index in [9.17, 15) is 4.79 Å². The molecule has 0 fully saturated rings. The number of carbonyl (C=O) groups excluding carboxylic acids is 1. The van der Waals surface area contributed by atoms with Crippen LogP contribution in [0.25, 0.3) is 11.7 Å². The van der Waals surface area contributed by atoms with Crippen LogP contribution in [0.5, 0.6) is 0 Å². The van der Waals surface area contributed by atoms with Crippen molar-refractivity contribution in [3.05, 3.63) is 54.3 Å². The van der Waals surface area contributed by atoms with Crippen LogP contribution in [0.15, 0.2) is 62.8 Å². The first-order valence-electron chi connectivity index (χ1n) is 8.10. The molecule has 0 N–H and O–H groups in total. The first-order chi connectivity index (χ1) is 12.2. The Labute approximate surface area is 150 Å². The molecule has 2 heterocycles. The lowest BCUT2D eigenvalue weighted by molar-refractivity contribution is -0.130. The zero-order valence-corrected chi connectivity index (χ0v) is 14.9. The maximum atomic E-state index is 12.9. The van der Waals surface area contributed by atoms with Gasteiger partial charge in [-0.1, -0.05) is 30.3 Å². The van der Waals surface area contributed by atoms with Crippen LogP contribution in [-0.4, -0.2) is 34.1 Å². The molecule has 6 nitrogen and oxygen atoms in total. The summed E-state index contributed by atoms with van der Waals surface area (Å²) in [5.74, 6) is 0.833. The quantitative estimate of drug-likeness (QED) is 0.595. The average molecular weight is 357 g/mol. The van der Waals surface area contributed by atoms with Crippen LogP contribution < -0.4 is 0 Å². The summed E-state index contributed by atoms with van der Waals surface area (Å²) < 4.78 is 10.9. The molecule has 0 saturated heterocycles. The fourth-order valence-corrected chi connectivity index (χ4v) is 3.41. The molecule has 1 amide bonds. The number of carbonyl (C=O) groups is 1. The molecule has 0 radical (unpaired) electrons. The van der Waals surface area contributed by atoms with Crippen LogP contribution in [0.3, 0.4) is 0 Å². The van der Waals surface area contributed by atoms with Crippen molar-refractivity contribution in [2.45, 2.75) is 24.3 Å². The van der Waals surface area contributed by atoms with E-state index in [-0.39, 0.29) is 5.91 Å². The van der Waals surface area contributed by atoms with Crippen molar-refractivity contribution in [3.8, 4) is 11.7 Å². The Kier molecular flexibility index (Phi) is 5.55. The van der Waals surface area contributed by atoms with E-state index >= 15 is 0 Å². The molecule has 25 heavy (non-hydrogen) atoms. The molecule has 0 spiro atoms. The van der Waals surface area contributed by atoms with Gasteiger partial charge in [-0.15, -0.1) is 10.2 Å². The van der Waals surface area contributed by atoms with Gasteiger partial charge in [-0.3, -0.25) is 4.79 Å². The maximum Gasteiger partial charge on any atom is 0.284 e. The second-order valence-electron chi connectivity index (χ2n) is 5.27. The Morgan fingerprint density at radius 3 is 2.52 bits per heavy atom. The molecule has 0 aliphatic rings. The van der Waals surface area contributed by atoms with E-state index < -0.39 is 5.25 Å². The Bertz CT molecular complexity index is 798. The number of likely N-dealkylation sites (N-methyl/N-ethyl adjacent to an activating group) is 1. The van der Waals surface area contributed by atoms with Crippen LogP contribution in [0.1, 0.15) is 24.7 Å². The number of aromatic nitrogens is 2. The first-order valence-corrected chi connectivity index (χ1v) is 8.98. The van der Waals surface area contributed by atoms with Gasteiger partial charge in [0.15, 0.2) is 5.76 Å². The summed E-state index contributed by atoms with van der Waals surface area (Å²) in [6, 6.07) is 13.1. The second kappa shape index (κ2) is 8.02. The van der Waals surface area contributed by atoms with Crippen molar-refractivity contribution < 1.29 is 13.6 Å². The highest BCUT2D eigenvalue weighted by Gasteiger charge is 2.28. The Balaban J connectivity index is 1.86. The van der Waals surface area contributed by atoms with Crippen LogP contribution >= 0.6 is 11.8 Å². The number of thioether (sulfide) groups is 1. The van der Waals surface area contributed by atoms with Gasteiger partial charge in [-0.25, -0.2) is 0 Å². The van der Waals surface area contributed by atoms with Crippen molar-refractivity contribution in [3.63, 3.8) is 0 Å². The number of hydrogen-bond acceptors (Lipinski definition) is 6. The number of amides is 1. The van der Waals surface area contributed by atoms with E-state index in [2.05, 4.69) is 10.2 Å². The molecular weight excluding hydrogens is 338 g/mol. The van der Waals surface area contributed by atoms with Crippen molar-refractivity contribution in [1.29, 1.82) is 0 Å². The summed E-state index contributed by atoms with van der Waals surface area (Å²) >= 11 is 1.25. The Morgan fingerprint density at radius 2 is 1.88 bits per heavy atom. The summed E-state index contributed by atoms with van der Waals surface area (Å²) in [4.78, 5) is 14.7. The van der Waals surface area contributed by atoms with E-state index in [0.29, 0.717) is 30.0 Å². The molecule has 130 valence electrons. The topological polar surface area (TPSA) is 72.4 Å². The van der Waals surface area contributed by atoms with Gasteiger partial charge in [-0.05, 0) is 43.3 Å². The van der Waals surface area contributed by atoms with Gasteiger partial charge in [0, 0.05) is 13.1 Å². The molecule has 0 unspecified atom stereocenters. The first kappa shape index (κ1) is 17.3.